The normalized spacial score (nSPS) is 16.2. The third-order valence-electron chi connectivity index (χ3n) is 6.69. The van der Waals surface area contributed by atoms with Gasteiger partial charge in [0.2, 0.25) is 0 Å². The molecule has 8 heteroatoms. The van der Waals surface area contributed by atoms with Crippen molar-refractivity contribution in [2.24, 2.45) is 0 Å². The van der Waals surface area contributed by atoms with E-state index in [0.29, 0.717) is 31.1 Å². The highest BCUT2D eigenvalue weighted by atomic mass is 16.2. The van der Waals surface area contributed by atoms with Gasteiger partial charge in [0.25, 0.3) is 11.5 Å². The zero-order valence-corrected chi connectivity index (χ0v) is 19.7. The summed E-state index contributed by atoms with van der Waals surface area (Å²) in [5.41, 5.74) is 5.52. The van der Waals surface area contributed by atoms with Gasteiger partial charge in [-0.15, -0.1) is 5.10 Å². The SMILES string of the molecule is Cc1ccc(C)c(Cn2nnc3c(=O)[nH]c([C@H]4CCCN(C(=O)c5ccccc5C)C4)nc32)c1. The smallest absolute Gasteiger partial charge is 0.281 e. The molecule has 1 atom stereocenters. The summed E-state index contributed by atoms with van der Waals surface area (Å²) in [6.45, 7) is 7.76. The summed E-state index contributed by atoms with van der Waals surface area (Å²) in [7, 11) is 0. The van der Waals surface area contributed by atoms with Gasteiger partial charge in [-0.05, 0) is 56.4 Å². The van der Waals surface area contributed by atoms with Gasteiger partial charge >= 0.3 is 0 Å². The Bertz CT molecular complexity index is 1440. The molecule has 2 aromatic heterocycles. The lowest BCUT2D eigenvalue weighted by Gasteiger charge is -2.32. The fourth-order valence-electron chi connectivity index (χ4n) is 4.68. The van der Waals surface area contributed by atoms with E-state index in [2.05, 4.69) is 47.3 Å². The number of carbonyl (C=O) groups excluding carboxylic acids is 1. The molecular weight excluding hydrogens is 428 g/mol. The fourth-order valence-corrected chi connectivity index (χ4v) is 4.68. The number of aryl methyl sites for hydroxylation is 3. The second-order valence-corrected chi connectivity index (χ2v) is 9.21. The van der Waals surface area contributed by atoms with Gasteiger partial charge in [-0.3, -0.25) is 9.59 Å². The maximum absolute atomic E-state index is 13.2. The Morgan fingerprint density at radius 1 is 1.12 bits per heavy atom. The number of hydrogen-bond donors (Lipinski definition) is 1. The third-order valence-corrected chi connectivity index (χ3v) is 6.69. The molecule has 174 valence electrons. The molecule has 0 bridgehead atoms. The number of likely N-dealkylation sites (tertiary alicyclic amines) is 1. The van der Waals surface area contributed by atoms with Crippen LogP contribution in [0, 0.1) is 20.8 Å². The number of H-pyrrole nitrogens is 1. The van der Waals surface area contributed by atoms with Crippen LogP contribution in [0.4, 0.5) is 0 Å². The number of rotatable bonds is 4. The highest BCUT2D eigenvalue weighted by molar-refractivity contribution is 5.95. The van der Waals surface area contributed by atoms with E-state index < -0.39 is 0 Å². The van der Waals surface area contributed by atoms with Gasteiger partial charge < -0.3 is 9.88 Å². The van der Waals surface area contributed by atoms with E-state index >= 15 is 0 Å². The van der Waals surface area contributed by atoms with Crippen LogP contribution in [0.1, 0.15) is 57.2 Å². The Balaban J connectivity index is 1.45. The molecule has 8 nitrogen and oxygen atoms in total. The van der Waals surface area contributed by atoms with Crippen LogP contribution in [-0.4, -0.2) is 48.9 Å². The summed E-state index contributed by atoms with van der Waals surface area (Å²) in [6, 6.07) is 13.9. The van der Waals surface area contributed by atoms with Crippen LogP contribution in [-0.2, 0) is 6.54 Å². The minimum atomic E-state index is -0.297. The molecule has 0 saturated carbocycles. The molecule has 1 aliphatic rings. The number of hydrogen-bond acceptors (Lipinski definition) is 5. The molecule has 1 N–H and O–H groups in total. The predicted octanol–water partition coefficient (Wildman–Crippen LogP) is 3.51. The van der Waals surface area contributed by atoms with E-state index in [0.717, 1.165) is 40.7 Å². The Morgan fingerprint density at radius 2 is 1.94 bits per heavy atom. The minimum Gasteiger partial charge on any atom is -0.338 e. The molecule has 1 fully saturated rings. The van der Waals surface area contributed by atoms with Crippen molar-refractivity contribution in [1.29, 1.82) is 0 Å². The van der Waals surface area contributed by atoms with Gasteiger partial charge in [0.05, 0.1) is 6.54 Å². The topological polar surface area (TPSA) is 96.8 Å². The Labute approximate surface area is 197 Å². The molecule has 5 rings (SSSR count). The van der Waals surface area contributed by atoms with Crippen LogP contribution in [0.2, 0.25) is 0 Å². The second-order valence-electron chi connectivity index (χ2n) is 9.21. The van der Waals surface area contributed by atoms with E-state index in [9.17, 15) is 9.59 Å². The molecule has 0 spiro atoms. The Hall–Kier alpha value is -3.81. The van der Waals surface area contributed by atoms with E-state index in [1.807, 2.05) is 36.1 Å². The van der Waals surface area contributed by atoms with Crippen molar-refractivity contribution in [3.8, 4) is 0 Å². The van der Waals surface area contributed by atoms with E-state index in [4.69, 9.17) is 4.98 Å². The molecule has 3 heterocycles. The van der Waals surface area contributed by atoms with Crippen molar-refractivity contribution in [1.82, 2.24) is 29.9 Å². The van der Waals surface area contributed by atoms with Crippen LogP contribution in [0.25, 0.3) is 11.2 Å². The van der Waals surface area contributed by atoms with Gasteiger partial charge in [-0.2, -0.15) is 0 Å². The maximum atomic E-state index is 13.2. The molecule has 1 saturated heterocycles. The highest BCUT2D eigenvalue weighted by Gasteiger charge is 2.28. The van der Waals surface area contributed by atoms with Gasteiger partial charge in [-0.1, -0.05) is 47.2 Å². The first-order chi connectivity index (χ1) is 16.4. The van der Waals surface area contributed by atoms with Crippen LogP contribution >= 0.6 is 0 Å². The van der Waals surface area contributed by atoms with Crippen LogP contribution in [0.3, 0.4) is 0 Å². The van der Waals surface area contributed by atoms with Gasteiger partial charge in [0, 0.05) is 24.6 Å². The summed E-state index contributed by atoms with van der Waals surface area (Å²) in [5, 5.41) is 8.31. The van der Waals surface area contributed by atoms with Crippen LogP contribution in [0.15, 0.2) is 47.3 Å². The monoisotopic (exact) mass is 456 g/mol. The maximum Gasteiger partial charge on any atom is 0.281 e. The number of benzene rings is 2. The predicted molar refractivity (Wildman–Crippen MR) is 130 cm³/mol. The van der Waals surface area contributed by atoms with Crippen molar-refractivity contribution in [3.05, 3.63) is 86.5 Å². The quantitative estimate of drug-likeness (QED) is 0.507. The first-order valence-electron chi connectivity index (χ1n) is 11.6. The summed E-state index contributed by atoms with van der Waals surface area (Å²) in [6.07, 6.45) is 1.70. The number of piperidine rings is 1. The van der Waals surface area contributed by atoms with E-state index in [1.54, 1.807) is 4.68 Å². The number of amides is 1. The number of fused-ring (bicyclic) bond motifs is 1. The first kappa shape index (κ1) is 22.0. The molecule has 4 aromatic rings. The number of nitrogens with one attached hydrogen (secondary N) is 1. The molecule has 0 unspecified atom stereocenters. The van der Waals surface area contributed by atoms with Gasteiger partial charge in [0.15, 0.2) is 11.2 Å². The zero-order valence-electron chi connectivity index (χ0n) is 19.7. The number of carbonyl (C=O) groups is 1. The van der Waals surface area contributed by atoms with Crippen molar-refractivity contribution < 1.29 is 4.79 Å². The largest absolute Gasteiger partial charge is 0.338 e. The molecule has 2 aromatic carbocycles. The summed E-state index contributed by atoms with van der Waals surface area (Å²) >= 11 is 0. The second kappa shape index (κ2) is 8.85. The molecule has 34 heavy (non-hydrogen) atoms. The van der Waals surface area contributed by atoms with Crippen molar-refractivity contribution in [2.45, 2.75) is 46.1 Å². The summed E-state index contributed by atoms with van der Waals surface area (Å²) in [4.78, 5) is 35.6. The molecule has 0 aliphatic carbocycles. The number of aromatic amines is 1. The molecule has 1 amide bonds. The Kier molecular flexibility index (Phi) is 5.73. The highest BCUT2D eigenvalue weighted by Crippen LogP contribution is 2.26. The van der Waals surface area contributed by atoms with Gasteiger partial charge in [-0.25, -0.2) is 9.67 Å². The van der Waals surface area contributed by atoms with Crippen molar-refractivity contribution >= 4 is 17.1 Å². The molecule has 1 aliphatic heterocycles. The summed E-state index contributed by atoms with van der Waals surface area (Å²) < 4.78 is 1.69. The lowest BCUT2D eigenvalue weighted by atomic mass is 9.96. The number of nitrogens with zero attached hydrogens (tertiary/aromatic N) is 5. The van der Waals surface area contributed by atoms with Gasteiger partial charge in [0.1, 0.15) is 5.82 Å². The summed E-state index contributed by atoms with van der Waals surface area (Å²) in [5.74, 6) is 0.556. The fraction of sp³-hybridized carbons (Fsp3) is 0.346. The average molecular weight is 457 g/mol. The van der Waals surface area contributed by atoms with Crippen LogP contribution < -0.4 is 5.56 Å². The van der Waals surface area contributed by atoms with E-state index in [-0.39, 0.29) is 22.9 Å². The van der Waals surface area contributed by atoms with Crippen molar-refractivity contribution in [3.63, 3.8) is 0 Å². The minimum absolute atomic E-state index is 0.0212. The zero-order chi connectivity index (χ0) is 23.8. The van der Waals surface area contributed by atoms with E-state index in [1.165, 1.54) is 0 Å². The standard InChI is InChI=1S/C26H28N6O2/c1-16-10-11-17(2)20(13-16)15-32-24-22(29-30-32)25(33)28-23(27-24)19-8-6-12-31(14-19)26(34)21-9-5-4-7-18(21)3/h4-5,7,9-11,13,19H,6,8,12,14-15H2,1-3H3,(H,27,28,33)/t19-/m0/s1. The lowest BCUT2D eigenvalue weighted by molar-refractivity contribution is 0.0704. The third kappa shape index (κ3) is 4.11. The van der Waals surface area contributed by atoms with Crippen LogP contribution in [0.5, 0.6) is 0 Å². The lowest BCUT2D eigenvalue weighted by Crippen LogP contribution is -2.40. The Morgan fingerprint density at radius 3 is 2.76 bits per heavy atom. The number of aromatic nitrogens is 5. The average Bonchev–Trinajstić information content (AvgIpc) is 3.24. The molecule has 0 radical (unpaired) electrons. The first-order valence-corrected chi connectivity index (χ1v) is 11.6. The van der Waals surface area contributed by atoms with Crippen molar-refractivity contribution in [2.75, 3.05) is 13.1 Å². The molecular formula is C26H28N6O2.